The van der Waals surface area contributed by atoms with Gasteiger partial charge in [0, 0.05) is 18.1 Å². The van der Waals surface area contributed by atoms with Crippen LogP contribution in [0.2, 0.25) is 0 Å². The number of nitrogens with one attached hydrogen (secondary N) is 1. The molecule has 2 rings (SSSR count). The van der Waals surface area contributed by atoms with E-state index < -0.39 is 0 Å². The van der Waals surface area contributed by atoms with Crippen molar-refractivity contribution in [2.24, 2.45) is 0 Å². The Labute approximate surface area is 110 Å². The lowest BCUT2D eigenvalue weighted by molar-refractivity contribution is 0.411. The van der Waals surface area contributed by atoms with Crippen LogP contribution in [0.25, 0.3) is 0 Å². The molecule has 0 saturated carbocycles. The number of nitrogens with zero attached hydrogens (tertiary/aromatic N) is 3. The second-order valence-electron chi connectivity index (χ2n) is 4.02. The van der Waals surface area contributed by atoms with Crippen LogP contribution >= 0.6 is 11.5 Å². The van der Waals surface area contributed by atoms with Crippen molar-refractivity contribution < 1.29 is 4.74 Å². The summed E-state index contributed by atoms with van der Waals surface area (Å²) >= 11 is 1.27. The molecular weight excluding hydrogens is 248 g/mol. The van der Waals surface area contributed by atoms with Crippen LogP contribution < -0.4 is 10.1 Å². The van der Waals surface area contributed by atoms with Crippen molar-refractivity contribution in [2.75, 3.05) is 19.0 Å². The van der Waals surface area contributed by atoms with Gasteiger partial charge in [-0.1, -0.05) is 15.7 Å². The maximum atomic E-state index is 5.30. The van der Waals surface area contributed by atoms with Crippen molar-refractivity contribution in [3.63, 3.8) is 0 Å². The molecule has 1 heterocycles. The molecule has 0 fully saturated rings. The van der Waals surface area contributed by atoms with E-state index >= 15 is 0 Å². The molecule has 1 N–H and O–H groups in total. The molecule has 18 heavy (non-hydrogen) atoms. The minimum absolute atomic E-state index is 0.762. The van der Waals surface area contributed by atoms with Gasteiger partial charge in [-0.2, -0.15) is 0 Å². The monoisotopic (exact) mass is 264 g/mol. The molecule has 0 aliphatic carbocycles. The van der Waals surface area contributed by atoms with Crippen molar-refractivity contribution in [3.05, 3.63) is 28.8 Å². The Morgan fingerprint density at radius 2 is 2.11 bits per heavy atom. The smallest absolute Gasteiger partial charge is 0.225 e. The maximum Gasteiger partial charge on any atom is 0.225 e. The van der Waals surface area contributed by atoms with E-state index in [-0.39, 0.29) is 0 Å². The van der Waals surface area contributed by atoms with Crippen LogP contribution in [0.1, 0.15) is 16.7 Å². The first-order valence-electron chi connectivity index (χ1n) is 5.74. The van der Waals surface area contributed by atoms with Gasteiger partial charge in [0.15, 0.2) is 0 Å². The summed E-state index contributed by atoms with van der Waals surface area (Å²) < 4.78 is 9.01. The maximum absolute atomic E-state index is 5.30. The van der Waals surface area contributed by atoms with Crippen molar-refractivity contribution in [1.29, 1.82) is 0 Å². The fourth-order valence-corrected chi connectivity index (χ4v) is 2.24. The van der Waals surface area contributed by atoms with E-state index in [0.717, 1.165) is 23.8 Å². The first kappa shape index (κ1) is 12.8. The van der Waals surface area contributed by atoms with Gasteiger partial charge in [-0.3, -0.25) is 0 Å². The number of benzene rings is 1. The SMILES string of the molecule is COc1ccc(CCNc2nnns2)c(C)c1C. The Morgan fingerprint density at radius 1 is 1.28 bits per heavy atom. The molecule has 1 aromatic carbocycles. The predicted octanol–water partition coefficient (Wildman–Crippen LogP) is 2.21. The van der Waals surface area contributed by atoms with Crippen LogP contribution in [-0.2, 0) is 6.42 Å². The molecule has 0 amide bonds. The highest BCUT2D eigenvalue weighted by Crippen LogP contribution is 2.24. The van der Waals surface area contributed by atoms with E-state index in [1.54, 1.807) is 7.11 Å². The molecule has 2 aromatic rings. The number of methoxy groups -OCH3 is 1. The molecular formula is C12H16N4OS. The van der Waals surface area contributed by atoms with Crippen LogP contribution in [0, 0.1) is 13.8 Å². The van der Waals surface area contributed by atoms with Gasteiger partial charge in [0.1, 0.15) is 5.75 Å². The summed E-state index contributed by atoms with van der Waals surface area (Å²) in [5.74, 6) is 0.942. The van der Waals surface area contributed by atoms with Gasteiger partial charge < -0.3 is 10.1 Å². The average molecular weight is 264 g/mol. The standard InChI is InChI=1S/C12H16N4OS/c1-8-9(2)11(17-3)5-4-10(8)6-7-13-12-14-15-16-18-12/h4-5H,6-7H2,1-3H3,(H,13,14,16). The Morgan fingerprint density at radius 3 is 2.78 bits per heavy atom. The van der Waals surface area contributed by atoms with E-state index in [0.29, 0.717) is 0 Å². The number of ether oxygens (including phenoxy) is 1. The highest BCUT2D eigenvalue weighted by molar-refractivity contribution is 7.09. The normalized spacial score (nSPS) is 10.4. The molecule has 5 nitrogen and oxygen atoms in total. The Hall–Kier alpha value is -1.69. The van der Waals surface area contributed by atoms with Gasteiger partial charge in [0.05, 0.1) is 7.11 Å². The summed E-state index contributed by atoms with van der Waals surface area (Å²) in [5, 5.41) is 11.3. The third kappa shape index (κ3) is 2.76. The highest BCUT2D eigenvalue weighted by Gasteiger charge is 2.06. The zero-order valence-electron chi connectivity index (χ0n) is 10.7. The number of hydrogen-bond donors (Lipinski definition) is 1. The summed E-state index contributed by atoms with van der Waals surface area (Å²) in [4.78, 5) is 0. The summed E-state index contributed by atoms with van der Waals surface area (Å²) in [6.45, 7) is 5.03. The minimum Gasteiger partial charge on any atom is -0.496 e. The van der Waals surface area contributed by atoms with Gasteiger partial charge in [0.25, 0.3) is 0 Å². The van der Waals surface area contributed by atoms with Gasteiger partial charge in [0.2, 0.25) is 5.13 Å². The molecule has 0 radical (unpaired) electrons. The summed E-state index contributed by atoms with van der Waals surface area (Å²) in [6.07, 6.45) is 0.941. The number of rotatable bonds is 5. The predicted molar refractivity (Wildman–Crippen MR) is 72.4 cm³/mol. The van der Waals surface area contributed by atoms with E-state index in [9.17, 15) is 0 Å². The lowest BCUT2D eigenvalue weighted by Gasteiger charge is -2.12. The van der Waals surface area contributed by atoms with Crippen molar-refractivity contribution in [1.82, 2.24) is 14.8 Å². The third-order valence-electron chi connectivity index (χ3n) is 3.04. The third-order valence-corrected chi connectivity index (χ3v) is 3.59. The summed E-state index contributed by atoms with van der Waals surface area (Å²) in [7, 11) is 1.70. The van der Waals surface area contributed by atoms with Crippen molar-refractivity contribution in [3.8, 4) is 5.75 Å². The Balaban J connectivity index is 1.99. The molecule has 0 bridgehead atoms. The van der Waals surface area contributed by atoms with Crippen LogP contribution in [0.4, 0.5) is 5.13 Å². The molecule has 6 heteroatoms. The van der Waals surface area contributed by atoms with Crippen LogP contribution in [0.5, 0.6) is 5.75 Å². The molecule has 0 aliphatic heterocycles. The number of aromatic nitrogens is 3. The van der Waals surface area contributed by atoms with Gasteiger partial charge in [-0.05, 0) is 48.2 Å². The zero-order valence-corrected chi connectivity index (χ0v) is 11.5. The van der Waals surface area contributed by atoms with Crippen LogP contribution in [-0.4, -0.2) is 28.5 Å². The van der Waals surface area contributed by atoms with Gasteiger partial charge in [-0.25, -0.2) is 0 Å². The summed E-state index contributed by atoms with van der Waals surface area (Å²) in [6, 6.07) is 4.13. The van der Waals surface area contributed by atoms with E-state index in [4.69, 9.17) is 4.74 Å². The molecule has 0 atom stereocenters. The largest absolute Gasteiger partial charge is 0.496 e. The summed E-state index contributed by atoms with van der Waals surface area (Å²) in [5.41, 5.74) is 3.80. The second kappa shape index (κ2) is 5.77. The molecule has 96 valence electrons. The molecule has 0 spiro atoms. The van der Waals surface area contributed by atoms with Gasteiger partial charge >= 0.3 is 0 Å². The Bertz CT molecular complexity index is 513. The van der Waals surface area contributed by atoms with Crippen molar-refractivity contribution in [2.45, 2.75) is 20.3 Å². The molecule has 0 saturated heterocycles. The lowest BCUT2D eigenvalue weighted by Crippen LogP contribution is -2.06. The molecule has 1 aromatic heterocycles. The second-order valence-corrected chi connectivity index (χ2v) is 4.75. The van der Waals surface area contributed by atoms with Gasteiger partial charge in [-0.15, -0.1) is 0 Å². The topological polar surface area (TPSA) is 59.9 Å². The van der Waals surface area contributed by atoms with E-state index in [1.807, 2.05) is 6.07 Å². The average Bonchev–Trinajstić information content (AvgIpc) is 2.88. The van der Waals surface area contributed by atoms with Crippen LogP contribution in [0.3, 0.4) is 0 Å². The van der Waals surface area contributed by atoms with Crippen molar-refractivity contribution >= 4 is 16.7 Å². The quantitative estimate of drug-likeness (QED) is 0.897. The zero-order chi connectivity index (χ0) is 13.0. The molecule has 0 aliphatic rings. The van der Waals surface area contributed by atoms with E-state index in [2.05, 4.69) is 40.0 Å². The van der Waals surface area contributed by atoms with E-state index in [1.165, 1.54) is 28.2 Å². The number of anilines is 1. The minimum atomic E-state index is 0.762. The molecule has 0 unspecified atom stereocenters. The first-order chi connectivity index (χ1) is 8.72. The first-order valence-corrected chi connectivity index (χ1v) is 6.51. The fraction of sp³-hybridized carbons (Fsp3) is 0.417. The lowest BCUT2D eigenvalue weighted by atomic mass is 10.00. The highest BCUT2D eigenvalue weighted by atomic mass is 32.1. The Kier molecular flexibility index (Phi) is 4.09. The number of hydrogen-bond acceptors (Lipinski definition) is 6. The fourth-order valence-electron chi connectivity index (χ4n) is 1.85. The van der Waals surface area contributed by atoms with Crippen LogP contribution in [0.15, 0.2) is 12.1 Å².